The number of nitrogens with zero attached hydrogens (tertiary/aromatic N) is 1. The maximum absolute atomic E-state index is 12.0. The highest BCUT2D eigenvalue weighted by Gasteiger charge is 2.15. The number of rotatable bonds is 7. The van der Waals surface area contributed by atoms with E-state index in [-0.39, 0.29) is 17.3 Å². The van der Waals surface area contributed by atoms with E-state index in [0.29, 0.717) is 17.9 Å². The third-order valence-electron chi connectivity index (χ3n) is 3.51. The van der Waals surface area contributed by atoms with Crippen molar-refractivity contribution in [3.63, 3.8) is 0 Å². The van der Waals surface area contributed by atoms with Crippen LogP contribution in [0.3, 0.4) is 0 Å². The average molecular weight is 419 g/mol. The zero-order valence-electron chi connectivity index (χ0n) is 14.5. The van der Waals surface area contributed by atoms with E-state index in [9.17, 15) is 14.9 Å². The molecule has 0 saturated heterocycles. The number of nitro groups is 1. The normalized spacial score (nSPS) is 10.7. The van der Waals surface area contributed by atoms with Gasteiger partial charge in [-0.1, -0.05) is 35.0 Å². The molecule has 7 heteroatoms. The summed E-state index contributed by atoms with van der Waals surface area (Å²) >= 11 is 3.41. The highest BCUT2D eigenvalue weighted by Crippen LogP contribution is 2.28. The lowest BCUT2D eigenvalue weighted by molar-refractivity contribution is -0.385. The summed E-state index contributed by atoms with van der Waals surface area (Å²) in [6.07, 6.45) is 3.61. The van der Waals surface area contributed by atoms with E-state index in [0.717, 1.165) is 16.5 Å². The van der Waals surface area contributed by atoms with Crippen LogP contribution in [0.5, 0.6) is 5.75 Å². The number of ether oxygens (including phenoxy) is 1. The summed E-state index contributed by atoms with van der Waals surface area (Å²) in [7, 11) is 0. The van der Waals surface area contributed by atoms with Gasteiger partial charge in [-0.2, -0.15) is 0 Å². The highest BCUT2D eigenvalue weighted by molar-refractivity contribution is 9.10. The van der Waals surface area contributed by atoms with Gasteiger partial charge in [0, 0.05) is 22.3 Å². The molecule has 26 heavy (non-hydrogen) atoms. The lowest BCUT2D eigenvalue weighted by Gasteiger charge is -2.06. The Hall–Kier alpha value is -2.67. The van der Waals surface area contributed by atoms with Crippen molar-refractivity contribution in [2.75, 3.05) is 11.9 Å². The number of halogens is 1. The number of nitrogens with one attached hydrogen (secondary N) is 1. The van der Waals surface area contributed by atoms with Crippen LogP contribution in [0.2, 0.25) is 0 Å². The van der Waals surface area contributed by atoms with Crippen molar-refractivity contribution in [3.05, 3.63) is 68.2 Å². The first-order chi connectivity index (χ1) is 12.4. The molecule has 0 aliphatic rings. The van der Waals surface area contributed by atoms with E-state index in [2.05, 4.69) is 21.2 Å². The van der Waals surface area contributed by atoms with Crippen LogP contribution in [0.25, 0.3) is 6.08 Å². The van der Waals surface area contributed by atoms with Crippen LogP contribution in [0.4, 0.5) is 11.4 Å². The molecule has 0 heterocycles. The number of anilines is 1. The first-order valence-corrected chi connectivity index (χ1v) is 8.86. The van der Waals surface area contributed by atoms with E-state index < -0.39 is 4.92 Å². The third kappa shape index (κ3) is 5.42. The minimum absolute atomic E-state index is 0.122. The van der Waals surface area contributed by atoms with Crippen molar-refractivity contribution in [2.24, 2.45) is 0 Å². The van der Waals surface area contributed by atoms with Crippen molar-refractivity contribution in [3.8, 4) is 5.75 Å². The monoisotopic (exact) mass is 418 g/mol. The van der Waals surface area contributed by atoms with Crippen LogP contribution in [-0.4, -0.2) is 17.4 Å². The highest BCUT2D eigenvalue weighted by atomic mass is 79.9. The lowest BCUT2D eigenvalue weighted by Crippen LogP contribution is -2.07. The molecule has 2 rings (SSSR count). The molecule has 2 aromatic rings. The second-order valence-electron chi connectivity index (χ2n) is 5.62. The Bertz CT molecular complexity index is 849. The van der Waals surface area contributed by atoms with Gasteiger partial charge in [0.2, 0.25) is 5.91 Å². The van der Waals surface area contributed by atoms with Gasteiger partial charge >= 0.3 is 5.69 Å². The Morgan fingerprint density at radius 3 is 2.73 bits per heavy atom. The third-order valence-corrected chi connectivity index (χ3v) is 4.36. The molecule has 0 saturated carbocycles. The predicted octanol–water partition coefficient (Wildman–Crippen LogP) is 5.11. The molecule has 0 aliphatic heterocycles. The number of carbonyl (C=O) groups excluding carboxylic acids is 1. The first-order valence-electron chi connectivity index (χ1n) is 8.07. The second kappa shape index (κ2) is 9.15. The number of carbonyl (C=O) groups is 1. The quantitative estimate of drug-likeness (QED) is 0.384. The number of hydrogen-bond donors (Lipinski definition) is 1. The minimum atomic E-state index is -0.494. The van der Waals surface area contributed by atoms with Gasteiger partial charge in [0.25, 0.3) is 0 Å². The molecule has 1 N–H and O–H groups in total. The maximum Gasteiger partial charge on any atom is 0.311 e. The van der Waals surface area contributed by atoms with Crippen molar-refractivity contribution >= 4 is 39.3 Å². The van der Waals surface area contributed by atoms with Crippen LogP contribution in [0.1, 0.15) is 24.5 Å². The van der Waals surface area contributed by atoms with Crippen LogP contribution in [0.15, 0.2) is 46.9 Å². The summed E-state index contributed by atoms with van der Waals surface area (Å²) < 4.78 is 6.28. The molecule has 6 nitrogen and oxygen atoms in total. The Morgan fingerprint density at radius 2 is 2.08 bits per heavy atom. The summed E-state index contributed by atoms with van der Waals surface area (Å²) in [5.74, 6) is -0.0994. The van der Waals surface area contributed by atoms with Crippen molar-refractivity contribution in [1.82, 2.24) is 0 Å². The van der Waals surface area contributed by atoms with E-state index in [1.807, 2.05) is 26.0 Å². The fraction of sp³-hybridized carbons (Fsp3) is 0.211. The largest absolute Gasteiger partial charge is 0.487 e. The smallest absolute Gasteiger partial charge is 0.311 e. The van der Waals surface area contributed by atoms with Crippen molar-refractivity contribution < 1.29 is 14.5 Å². The van der Waals surface area contributed by atoms with Crippen LogP contribution in [-0.2, 0) is 4.79 Å². The summed E-state index contributed by atoms with van der Waals surface area (Å²) in [5, 5.41) is 13.9. The molecule has 1 amide bonds. The van der Waals surface area contributed by atoms with Crippen molar-refractivity contribution in [2.45, 2.75) is 20.3 Å². The zero-order chi connectivity index (χ0) is 19.1. The van der Waals surface area contributed by atoms with Crippen LogP contribution in [0, 0.1) is 17.0 Å². The molecule has 0 aromatic heterocycles. The molecular weight excluding hydrogens is 400 g/mol. The summed E-state index contributed by atoms with van der Waals surface area (Å²) in [4.78, 5) is 22.7. The fourth-order valence-electron chi connectivity index (χ4n) is 2.14. The number of benzene rings is 2. The number of amides is 1. The average Bonchev–Trinajstić information content (AvgIpc) is 2.61. The number of nitro benzene ring substituents is 1. The summed E-state index contributed by atoms with van der Waals surface area (Å²) in [6, 6.07) is 10.1. The SMILES string of the molecule is CCCOc1ccc(/C=C/C(=O)Nc2ccc(C)c(Br)c2)cc1[N+](=O)[O-]. The Labute approximate surface area is 160 Å². The summed E-state index contributed by atoms with van der Waals surface area (Å²) in [6.45, 7) is 4.29. The molecule has 0 spiro atoms. The standard InChI is InChI=1S/C19H19BrN2O4/c1-3-10-26-18-8-5-14(11-17(18)22(24)25)6-9-19(23)21-15-7-4-13(2)16(20)12-15/h4-9,11-12H,3,10H2,1-2H3,(H,21,23)/b9-6+. The molecule has 0 fully saturated rings. The molecule has 2 aromatic carbocycles. The molecule has 0 aliphatic carbocycles. The van der Waals surface area contributed by atoms with E-state index in [1.54, 1.807) is 18.2 Å². The summed E-state index contributed by atoms with van der Waals surface area (Å²) in [5.41, 5.74) is 2.15. The predicted molar refractivity (Wildman–Crippen MR) is 105 cm³/mol. The van der Waals surface area contributed by atoms with E-state index in [4.69, 9.17) is 4.74 Å². The van der Waals surface area contributed by atoms with Crippen LogP contribution < -0.4 is 10.1 Å². The second-order valence-corrected chi connectivity index (χ2v) is 6.47. The molecular formula is C19H19BrN2O4. The molecule has 0 radical (unpaired) electrons. The van der Waals surface area contributed by atoms with Gasteiger partial charge in [-0.25, -0.2) is 0 Å². The van der Waals surface area contributed by atoms with Gasteiger partial charge in [0.05, 0.1) is 11.5 Å². The Kier molecular flexibility index (Phi) is 6.91. The lowest BCUT2D eigenvalue weighted by atomic mass is 10.1. The Morgan fingerprint density at radius 1 is 1.31 bits per heavy atom. The molecule has 136 valence electrons. The number of aryl methyl sites for hydroxylation is 1. The fourth-order valence-corrected chi connectivity index (χ4v) is 2.52. The zero-order valence-corrected chi connectivity index (χ0v) is 16.1. The van der Waals surface area contributed by atoms with E-state index >= 15 is 0 Å². The van der Waals surface area contributed by atoms with Crippen LogP contribution >= 0.6 is 15.9 Å². The van der Waals surface area contributed by atoms with Gasteiger partial charge in [-0.05, 0) is 48.7 Å². The molecule has 0 unspecified atom stereocenters. The number of hydrogen-bond acceptors (Lipinski definition) is 4. The Balaban J connectivity index is 2.11. The van der Waals surface area contributed by atoms with Gasteiger partial charge in [0.15, 0.2) is 5.75 Å². The van der Waals surface area contributed by atoms with Gasteiger partial charge in [0.1, 0.15) is 0 Å². The molecule has 0 bridgehead atoms. The van der Waals surface area contributed by atoms with E-state index in [1.165, 1.54) is 18.2 Å². The van der Waals surface area contributed by atoms with Gasteiger partial charge in [-0.15, -0.1) is 0 Å². The molecule has 0 atom stereocenters. The van der Waals surface area contributed by atoms with Gasteiger partial charge < -0.3 is 10.1 Å². The topological polar surface area (TPSA) is 81.5 Å². The maximum atomic E-state index is 12.0. The van der Waals surface area contributed by atoms with Gasteiger partial charge in [-0.3, -0.25) is 14.9 Å². The minimum Gasteiger partial charge on any atom is -0.487 e. The van der Waals surface area contributed by atoms with Crippen molar-refractivity contribution in [1.29, 1.82) is 0 Å². The first kappa shape index (κ1) is 19.7.